The molecule has 1 amide bonds. The van der Waals surface area contributed by atoms with Gasteiger partial charge >= 0.3 is 5.69 Å². The maximum Gasteiger partial charge on any atom is 0.328 e. The predicted octanol–water partition coefficient (Wildman–Crippen LogP) is 1.90. The Morgan fingerprint density at radius 3 is 2.36 bits per heavy atom. The number of carbonyl (C=O) groups excluding carboxylic acids is 1. The summed E-state index contributed by atoms with van der Waals surface area (Å²) in [4.78, 5) is 25.6. The van der Waals surface area contributed by atoms with Crippen molar-refractivity contribution in [2.45, 2.75) is 13.0 Å². The van der Waals surface area contributed by atoms with Crippen molar-refractivity contribution < 1.29 is 14.6 Å². The van der Waals surface area contributed by atoms with E-state index in [2.05, 4.69) is 16.4 Å². The molecule has 3 rings (SSSR count). The number of hydrogen-bond acceptors (Lipinski definition) is 5. The van der Waals surface area contributed by atoms with E-state index in [9.17, 15) is 14.7 Å². The quantitative estimate of drug-likeness (QED) is 0.580. The largest absolute Gasteiger partial charge is 0.493 e. The highest BCUT2D eigenvalue weighted by molar-refractivity contribution is 5.75. The summed E-state index contributed by atoms with van der Waals surface area (Å²) in [6, 6.07) is 16.3. The van der Waals surface area contributed by atoms with Gasteiger partial charge in [-0.15, -0.1) is 0 Å². The molecule has 0 fully saturated rings. The summed E-state index contributed by atoms with van der Waals surface area (Å²) in [6.07, 6.45) is 1.74. The van der Waals surface area contributed by atoms with E-state index in [1.54, 1.807) is 24.3 Å². The Kier molecular flexibility index (Phi) is 5.77. The van der Waals surface area contributed by atoms with Crippen molar-refractivity contribution in [3.8, 4) is 23.4 Å². The minimum Gasteiger partial charge on any atom is -0.493 e. The average Bonchev–Trinajstić information content (AvgIpc) is 3.02. The first kappa shape index (κ1) is 18.8. The van der Waals surface area contributed by atoms with Crippen LogP contribution in [0.1, 0.15) is 11.1 Å². The third kappa shape index (κ3) is 4.80. The van der Waals surface area contributed by atoms with Crippen molar-refractivity contribution in [1.82, 2.24) is 14.9 Å². The molecule has 0 radical (unpaired) electrons. The highest BCUT2D eigenvalue weighted by Crippen LogP contribution is 2.22. The number of nitrogens with zero attached hydrogens (tertiary/aromatic N) is 2. The Morgan fingerprint density at radius 1 is 1.14 bits per heavy atom. The summed E-state index contributed by atoms with van der Waals surface area (Å²) in [5.41, 5.74) is 1.04. The number of imidazole rings is 1. The molecule has 8 heteroatoms. The third-order valence-electron chi connectivity index (χ3n) is 4.03. The van der Waals surface area contributed by atoms with Crippen LogP contribution in [0.4, 0.5) is 0 Å². The van der Waals surface area contributed by atoms with Crippen LogP contribution >= 0.6 is 0 Å². The Hall–Kier alpha value is -3.99. The molecule has 3 N–H and O–H groups in total. The monoisotopic (exact) mass is 378 g/mol. The zero-order valence-corrected chi connectivity index (χ0v) is 14.9. The molecule has 0 unspecified atom stereocenters. The van der Waals surface area contributed by atoms with Crippen LogP contribution in [0.3, 0.4) is 0 Å². The summed E-state index contributed by atoms with van der Waals surface area (Å²) in [5.74, 6) is 0.665. The molecule has 0 atom stereocenters. The van der Waals surface area contributed by atoms with Gasteiger partial charge in [0.05, 0.1) is 17.8 Å². The summed E-state index contributed by atoms with van der Waals surface area (Å²) in [7, 11) is 0. The highest BCUT2D eigenvalue weighted by atomic mass is 16.5. The van der Waals surface area contributed by atoms with Crippen molar-refractivity contribution in [1.29, 1.82) is 5.26 Å². The van der Waals surface area contributed by atoms with Gasteiger partial charge in [0.2, 0.25) is 11.8 Å². The van der Waals surface area contributed by atoms with Crippen LogP contribution in [0.25, 0.3) is 0 Å². The number of carbonyl (C=O) groups is 1. The maximum absolute atomic E-state index is 11.9. The topological polar surface area (TPSA) is 120 Å². The number of rotatable bonds is 7. The van der Waals surface area contributed by atoms with Crippen LogP contribution in [-0.2, 0) is 17.8 Å². The standard InChI is InChI=1S/C20H18N4O4/c21-11-15-3-7-17(8-4-15)28-16-5-1-14(2-6-16)9-10-22-18(25)13-24-19(26)12-23-20(24)27/h1-8,12,26H,9-10,13H2,(H,22,25)(H,23,27). The molecule has 0 aliphatic rings. The second-order valence-corrected chi connectivity index (χ2v) is 6.02. The Labute approximate surface area is 160 Å². The van der Waals surface area contributed by atoms with Crippen molar-refractivity contribution in [3.63, 3.8) is 0 Å². The van der Waals surface area contributed by atoms with Crippen molar-refractivity contribution >= 4 is 5.91 Å². The molecule has 28 heavy (non-hydrogen) atoms. The fourth-order valence-corrected chi connectivity index (χ4v) is 2.54. The van der Waals surface area contributed by atoms with Crippen molar-refractivity contribution in [3.05, 3.63) is 76.3 Å². The van der Waals surface area contributed by atoms with Crippen LogP contribution in [0, 0.1) is 11.3 Å². The lowest BCUT2D eigenvalue weighted by atomic mass is 10.1. The number of amides is 1. The molecule has 0 aliphatic heterocycles. The zero-order valence-electron chi connectivity index (χ0n) is 14.9. The number of H-pyrrole nitrogens is 1. The average molecular weight is 378 g/mol. The lowest BCUT2D eigenvalue weighted by Crippen LogP contribution is -2.32. The van der Waals surface area contributed by atoms with Crippen LogP contribution in [0.15, 0.2) is 59.5 Å². The molecular formula is C20H18N4O4. The molecule has 0 spiro atoms. The fraction of sp³-hybridized carbons (Fsp3) is 0.150. The number of aromatic nitrogens is 2. The molecule has 142 valence electrons. The summed E-state index contributed by atoms with van der Waals surface area (Å²) < 4.78 is 6.67. The van der Waals surface area contributed by atoms with Gasteiger partial charge in [0, 0.05) is 6.54 Å². The molecule has 1 aromatic heterocycles. The van der Waals surface area contributed by atoms with Crippen LogP contribution in [0.5, 0.6) is 17.4 Å². The van der Waals surface area contributed by atoms with Crippen molar-refractivity contribution in [2.75, 3.05) is 6.54 Å². The number of ether oxygens (including phenoxy) is 1. The summed E-state index contributed by atoms with van der Waals surface area (Å²) >= 11 is 0. The number of aromatic hydroxyl groups is 1. The Balaban J connectivity index is 1.47. The van der Waals surface area contributed by atoms with E-state index in [1.165, 1.54) is 0 Å². The van der Waals surface area contributed by atoms with Gasteiger partial charge in [0.1, 0.15) is 18.0 Å². The molecule has 1 heterocycles. The van der Waals surface area contributed by atoms with Crippen LogP contribution < -0.4 is 15.7 Å². The molecule has 3 aromatic rings. The molecule has 0 bridgehead atoms. The lowest BCUT2D eigenvalue weighted by Gasteiger charge is -2.08. The maximum atomic E-state index is 11.9. The number of benzene rings is 2. The molecule has 0 saturated carbocycles. The second-order valence-electron chi connectivity index (χ2n) is 6.02. The Bertz CT molecular complexity index is 1040. The first-order valence-electron chi connectivity index (χ1n) is 8.56. The number of aromatic amines is 1. The summed E-state index contributed by atoms with van der Waals surface area (Å²) in [5, 5.41) is 21.0. The zero-order chi connectivity index (χ0) is 19.9. The minimum atomic E-state index is -0.537. The van der Waals surface area contributed by atoms with Gasteiger partial charge in [-0.05, 0) is 48.4 Å². The van der Waals surface area contributed by atoms with Gasteiger partial charge in [-0.2, -0.15) is 5.26 Å². The van der Waals surface area contributed by atoms with Gasteiger partial charge in [-0.3, -0.25) is 9.36 Å². The SMILES string of the molecule is N#Cc1ccc(Oc2ccc(CCNC(=O)Cn3c(O)c[nH]c3=O)cc2)cc1. The van der Waals surface area contributed by atoms with Gasteiger partial charge in [0.15, 0.2) is 0 Å². The molecule has 2 aromatic carbocycles. The van der Waals surface area contributed by atoms with E-state index in [1.807, 2.05) is 24.3 Å². The second kappa shape index (κ2) is 8.60. The predicted molar refractivity (Wildman–Crippen MR) is 101 cm³/mol. The van der Waals surface area contributed by atoms with Gasteiger partial charge in [0.25, 0.3) is 0 Å². The number of nitriles is 1. The summed E-state index contributed by atoms with van der Waals surface area (Å²) in [6.45, 7) is 0.153. The van der Waals surface area contributed by atoms with Gasteiger partial charge in [-0.25, -0.2) is 4.79 Å². The van der Waals surface area contributed by atoms with E-state index in [-0.39, 0.29) is 18.3 Å². The fourth-order valence-electron chi connectivity index (χ4n) is 2.54. The highest BCUT2D eigenvalue weighted by Gasteiger charge is 2.09. The van der Waals surface area contributed by atoms with Crippen LogP contribution in [0.2, 0.25) is 0 Å². The first-order valence-corrected chi connectivity index (χ1v) is 8.56. The molecule has 0 aliphatic carbocycles. The van der Waals surface area contributed by atoms with E-state index in [0.717, 1.165) is 16.3 Å². The van der Waals surface area contributed by atoms with Crippen molar-refractivity contribution in [2.24, 2.45) is 0 Å². The van der Waals surface area contributed by atoms with Gasteiger partial charge in [-0.1, -0.05) is 12.1 Å². The normalized spacial score (nSPS) is 10.2. The number of hydrogen-bond donors (Lipinski definition) is 3. The molecular weight excluding hydrogens is 360 g/mol. The van der Waals surface area contributed by atoms with E-state index in [0.29, 0.717) is 30.0 Å². The smallest absolute Gasteiger partial charge is 0.328 e. The van der Waals surface area contributed by atoms with E-state index < -0.39 is 5.69 Å². The van der Waals surface area contributed by atoms with E-state index in [4.69, 9.17) is 10.00 Å². The van der Waals surface area contributed by atoms with Gasteiger partial charge < -0.3 is 20.1 Å². The van der Waals surface area contributed by atoms with Crippen LogP contribution in [-0.4, -0.2) is 27.1 Å². The lowest BCUT2D eigenvalue weighted by molar-refractivity contribution is -0.121. The molecule has 8 nitrogen and oxygen atoms in total. The minimum absolute atomic E-state index is 0.245. The Morgan fingerprint density at radius 2 is 1.79 bits per heavy atom. The number of nitrogens with one attached hydrogen (secondary N) is 2. The van der Waals surface area contributed by atoms with E-state index >= 15 is 0 Å². The first-order chi connectivity index (χ1) is 13.5. The third-order valence-corrected chi connectivity index (χ3v) is 4.03. The molecule has 0 saturated heterocycles.